The van der Waals surface area contributed by atoms with Gasteiger partial charge in [0.25, 0.3) is 0 Å². The normalized spacial score (nSPS) is 10.9. The van der Waals surface area contributed by atoms with Gasteiger partial charge in [0, 0.05) is 5.69 Å². The number of aryl methyl sites for hydroxylation is 2. The van der Waals surface area contributed by atoms with Crippen LogP contribution in [0.25, 0.3) is 10.2 Å². The fourth-order valence-electron chi connectivity index (χ4n) is 2.47. The molecular formula is C18H20N2OS. The number of benzene rings is 2. The summed E-state index contributed by atoms with van der Waals surface area (Å²) in [6.45, 7) is 7.05. The summed E-state index contributed by atoms with van der Waals surface area (Å²) < 4.78 is 7.12. The summed E-state index contributed by atoms with van der Waals surface area (Å²) in [4.78, 5) is 4.76. The van der Waals surface area contributed by atoms with Crippen molar-refractivity contribution in [2.75, 3.05) is 11.9 Å². The van der Waals surface area contributed by atoms with Gasteiger partial charge in [-0.15, -0.1) is 0 Å². The molecule has 114 valence electrons. The van der Waals surface area contributed by atoms with Gasteiger partial charge < -0.3 is 10.1 Å². The van der Waals surface area contributed by atoms with E-state index in [0.717, 1.165) is 40.7 Å². The molecule has 3 aromatic rings. The highest BCUT2D eigenvalue weighted by Crippen LogP contribution is 2.38. The van der Waals surface area contributed by atoms with E-state index in [4.69, 9.17) is 9.72 Å². The van der Waals surface area contributed by atoms with E-state index in [1.807, 2.05) is 30.3 Å². The van der Waals surface area contributed by atoms with E-state index in [2.05, 4.69) is 32.2 Å². The van der Waals surface area contributed by atoms with Crippen molar-refractivity contribution in [2.45, 2.75) is 27.2 Å². The molecule has 0 radical (unpaired) electrons. The maximum Gasteiger partial charge on any atom is 0.188 e. The Kier molecular flexibility index (Phi) is 4.29. The second-order valence-corrected chi connectivity index (χ2v) is 6.37. The minimum Gasteiger partial charge on any atom is -0.491 e. The maximum absolute atomic E-state index is 5.93. The van der Waals surface area contributed by atoms with Gasteiger partial charge in [-0.05, 0) is 43.5 Å². The molecule has 4 heteroatoms. The quantitative estimate of drug-likeness (QED) is 0.680. The first kappa shape index (κ1) is 14.9. The van der Waals surface area contributed by atoms with Gasteiger partial charge in [0.05, 0.1) is 11.3 Å². The molecule has 1 heterocycles. The summed E-state index contributed by atoms with van der Waals surface area (Å²) in [5.41, 5.74) is 4.41. The summed E-state index contributed by atoms with van der Waals surface area (Å²) in [5, 5.41) is 4.27. The zero-order valence-electron chi connectivity index (χ0n) is 13.1. The molecule has 0 aliphatic rings. The zero-order valence-corrected chi connectivity index (χ0v) is 14.0. The Bertz CT molecular complexity index is 781. The van der Waals surface area contributed by atoms with Gasteiger partial charge in [0.1, 0.15) is 11.3 Å². The Hall–Kier alpha value is -2.07. The van der Waals surface area contributed by atoms with Crippen molar-refractivity contribution in [2.24, 2.45) is 0 Å². The molecule has 0 unspecified atom stereocenters. The molecule has 0 bridgehead atoms. The van der Waals surface area contributed by atoms with Crippen LogP contribution in [0.5, 0.6) is 5.75 Å². The first-order valence-electron chi connectivity index (χ1n) is 7.54. The zero-order chi connectivity index (χ0) is 15.5. The van der Waals surface area contributed by atoms with Crippen LogP contribution >= 0.6 is 11.3 Å². The van der Waals surface area contributed by atoms with Crippen molar-refractivity contribution in [3.63, 3.8) is 0 Å². The molecule has 3 nitrogen and oxygen atoms in total. The lowest BCUT2D eigenvalue weighted by Crippen LogP contribution is -1.98. The van der Waals surface area contributed by atoms with Crippen molar-refractivity contribution in [1.82, 2.24) is 4.98 Å². The molecule has 2 aromatic carbocycles. The molecule has 0 spiro atoms. The third kappa shape index (κ3) is 2.92. The van der Waals surface area contributed by atoms with Crippen molar-refractivity contribution >= 4 is 32.4 Å². The van der Waals surface area contributed by atoms with Crippen LogP contribution < -0.4 is 10.1 Å². The summed E-state index contributed by atoms with van der Waals surface area (Å²) >= 11 is 1.67. The first-order valence-corrected chi connectivity index (χ1v) is 8.36. The fraction of sp³-hybridized carbons (Fsp3) is 0.278. The molecule has 0 amide bonds. The number of para-hydroxylation sites is 1. The third-order valence-corrected chi connectivity index (χ3v) is 4.57. The van der Waals surface area contributed by atoms with Crippen LogP contribution in [0.3, 0.4) is 0 Å². The number of anilines is 2. The van der Waals surface area contributed by atoms with Gasteiger partial charge in [-0.3, -0.25) is 0 Å². The molecular weight excluding hydrogens is 292 g/mol. The predicted octanol–water partition coefficient (Wildman–Crippen LogP) is 5.45. The van der Waals surface area contributed by atoms with Crippen LogP contribution in [-0.4, -0.2) is 11.6 Å². The Morgan fingerprint density at radius 2 is 1.91 bits per heavy atom. The van der Waals surface area contributed by atoms with Crippen LogP contribution in [0.15, 0.2) is 36.4 Å². The van der Waals surface area contributed by atoms with Crippen LogP contribution in [0.1, 0.15) is 24.5 Å². The van der Waals surface area contributed by atoms with Gasteiger partial charge in [-0.25, -0.2) is 4.98 Å². The standard InChI is InChI=1S/C18H20N2OS/c1-4-10-21-16-12(2)11-13(3)17-15(16)20-18(22-17)19-14-8-6-5-7-9-14/h5-9,11H,4,10H2,1-3H3,(H,19,20). The van der Waals surface area contributed by atoms with Crippen molar-refractivity contribution in [3.05, 3.63) is 47.5 Å². The summed E-state index contributed by atoms with van der Waals surface area (Å²) in [7, 11) is 0. The number of thiazole rings is 1. The van der Waals surface area contributed by atoms with E-state index in [-0.39, 0.29) is 0 Å². The Morgan fingerprint density at radius 3 is 2.64 bits per heavy atom. The summed E-state index contributed by atoms with van der Waals surface area (Å²) in [6, 6.07) is 12.3. The molecule has 1 N–H and O–H groups in total. The highest BCUT2D eigenvalue weighted by Gasteiger charge is 2.14. The number of fused-ring (bicyclic) bond motifs is 1. The monoisotopic (exact) mass is 312 g/mol. The Morgan fingerprint density at radius 1 is 1.14 bits per heavy atom. The molecule has 0 saturated carbocycles. The SMILES string of the molecule is CCCOc1c(C)cc(C)c2sc(Nc3ccccc3)nc12. The van der Waals surface area contributed by atoms with Crippen molar-refractivity contribution in [1.29, 1.82) is 0 Å². The largest absolute Gasteiger partial charge is 0.491 e. The Balaban J connectivity index is 2.02. The van der Waals surface area contributed by atoms with Gasteiger partial charge >= 0.3 is 0 Å². The maximum atomic E-state index is 5.93. The van der Waals surface area contributed by atoms with E-state index in [9.17, 15) is 0 Å². The minimum absolute atomic E-state index is 0.720. The van der Waals surface area contributed by atoms with Crippen LogP contribution in [0.4, 0.5) is 10.8 Å². The van der Waals surface area contributed by atoms with Crippen molar-refractivity contribution in [3.8, 4) is 5.75 Å². The average molecular weight is 312 g/mol. The number of aromatic nitrogens is 1. The third-order valence-electron chi connectivity index (χ3n) is 3.47. The lowest BCUT2D eigenvalue weighted by Gasteiger charge is -2.09. The molecule has 0 fully saturated rings. The van der Waals surface area contributed by atoms with Crippen LogP contribution in [0, 0.1) is 13.8 Å². The number of nitrogens with zero attached hydrogens (tertiary/aromatic N) is 1. The summed E-state index contributed by atoms with van der Waals surface area (Å²) in [5.74, 6) is 0.916. The Labute approximate surface area is 135 Å². The minimum atomic E-state index is 0.720. The van der Waals surface area contributed by atoms with Crippen LogP contribution in [0.2, 0.25) is 0 Å². The van der Waals surface area contributed by atoms with E-state index in [1.165, 1.54) is 10.3 Å². The van der Waals surface area contributed by atoms with E-state index < -0.39 is 0 Å². The molecule has 1 aromatic heterocycles. The van der Waals surface area contributed by atoms with Gasteiger partial charge in [0.2, 0.25) is 0 Å². The van der Waals surface area contributed by atoms with Gasteiger partial charge in [-0.2, -0.15) is 0 Å². The highest BCUT2D eigenvalue weighted by atomic mass is 32.1. The van der Waals surface area contributed by atoms with Crippen LogP contribution in [-0.2, 0) is 0 Å². The number of nitrogens with one attached hydrogen (secondary N) is 1. The fourth-order valence-corrected chi connectivity index (χ4v) is 3.42. The molecule has 0 atom stereocenters. The molecule has 22 heavy (non-hydrogen) atoms. The van der Waals surface area contributed by atoms with Crippen molar-refractivity contribution < 1.29 is 4.74 Å². The first-order chi connectivity index (χ1) is 10.7. The molecule has 0 aliphatic heterocycles. The lowest BCUT2D eigenvalue weighted by atomic mass is 10.1. The number of ether oxygens (including phenoxy) is 1. The highest BCUT2D eigenvalue weighted by molar-refractivity contribution is 7.22. The predicted molar refractivity (Wildman–Crippen MR) is 94.6 cm³/mol. The smallest absolute Gasteiger partial charge is 0.188 e. The van der Waals surface area contributed by atoms with E-state index in [0.29, 0.717) is 0 Å². The topological polar surface area (TPSA) is 34.1 Å². The molecule has 0 aliphatic carbocycles. The molecule has 0 saturated heterocycles. The number of hydrogen-bond donors (Lipinski definition) is 1. The number of hydrogen-bond acceptors (Lipinski definition) is 4. The number of rotatable bonds is 5. The van der Waals surface area contributed by atoms with E-state index >= 15 is 0 Å². The average Bonchev–Trinajstić information content (AvgIpc) is 2.92. The molecule has 3 rings (SSSR count). The second-order valence-electron chi connectivity index (χ2n) is 5.38. The second kappa shape index (κ2) is 6.36. The van der Waals surface area contributed by atoms with E-state index in [1.54, 1.807) is 11.3 Å². The summed E-state index contributed by atoms with van der Waals surface area (Å²) in [6.07, 6.45) is 0.994. The van der Waals surface area contributed by atoms with Gasteiger partial charge in [0.15, 0.2) is 5.13 Å². The van der Waals surface area contributed by atoms with Gasteiger partial charge in [-0.1, -0.05) is 42.5 Å². The lowest BCUT2D eigenvalue weighted by molar-refractivity contribution is 0.318.